The fraction of sp³-hybridized carbons (Fsp3) is 0.294. The lowest BCUT2D eigenvalue weighted by Crippen LogP contribution is -2.22. The molecule has 1 aromatic carbocycles. The molecule has 0 bridgehead atoms. The second-order valence-corrected chi connectivity index (χ2v) is 5.13. The third-order valence-corrected chi connectivity index (χ3v) is 3.33. The van der Waals surface area contributed by atoms with E-state index in [0.717, 1.165) is 23.2 Å². The number of anilines is 1. The van der Waals surface area contributed by atoms with Gasteiger partial charge in [-0.3, -0.25) is 9.78 Å². The lowest BCUT2D eigenvalue weighted by molar-refractivity contribution is -0.119. The van der Waals surface area contributed by atoms with E-state index in [2.05, 4.69) is 15.3 Å². The molecule has 0 aliphatic rings. The first-order valence-corrected chi connectivity index (χ1v) is 7.35. The van der Waals surface area contributed by atoms with Crippen molar-refractivity contribution in [3.63, 3.8) is 0 Å². The molecule has 1 aromatic heterocycles. The zero-order valence-electron chi connectivity index (χ0n) is 13.4. The molecule has 0 saturated carbocycles. The second kappa shape index (κ2) is 7.49. The Morgan fingerprint density at radius 3 is 2.61 bits per heavy atom. The van der Waals surface area contributed by atoms with Gasteiger partial charge < -0.3 is 10.1 Å². The Balaban J connectivity index is 1.95. The largest absolute Gasteiger partial charge is 0.451 e. The van der Waals surface area contributed by atoms with Crippen LogP contribution < -0.4 is 5.32 Å². The van der Waals surface area contributed by atoms with Gasteiger partial charge in [-0.2, -0.15) is 0 Å². The molecule has 2 aromatic rings. The first kappa shape index (κ1) is 16.6. The number of nitrogens with zero attached hydrogens (tertiary/aromatic N) is 2. The van der Waals surface area contributed by atoms with Crippen molar-refractivity contribution >= 4 is 17.6 Å². The van der Waals surface area contributed by atoms with Crippen LogP contribution >= 0.6 is 0 Å². The number of carbonyl (C=O) groups is 2. The Morgan fingerprint density at radius 1 is 1.17 bits per heavy atom. The van der Waals surface area contributed by atoms with E-state index in [-0.39, 0.29) is 18.2 Å². The van der Waals surface area contributed by atoms with Crippen molar-refractivity contribution in [1.29, 1.82) is 0 Å². The van der Waals surface area contributed by atoms with Crippen molar-refractivity contribution in [3.05, 3.63) is 53.1 Å². The van der Waals surface area contributed by atoms with Gasteiger partial charge in [0.1, 0.15) is 0 Å². The number of nitrogens with one attached hydrogen (secondary N) is 1. The van der Waals surface area contributed by atoms with Gasteiger partial charge >= 0.3 is 5.97 Å². The highest BCUT2D eigenvalue weighted by Crippen LogP contribution is 2.20. The summed E-state index contributed by atoms with van der Waals surface area (Å²) in [5.74, 6) is -1.06. The average molecular weight is 313 g/mol. The minimum Gasteiger partial charge on any atom is -0.451 e. The van der Waals surface area contributed by atoms with Gasteiger partial charge in [0.2, 0.25) is 0 Å². The minimum absolute atomic E-state index is 0.0774. The molecule has 0 saturated heterocycles. The Kier molecular flexibility index (Phi) is 5.41. The predicted molar refractivity (Wildman–Crippen MR) is 86.2 cm³/mol. The Morgan fingerprint density at radius 2 is 1.96 bits per heavy atom. The summed E-state index contributed by atoms with van der Waals surface area (Å²) in [6.45, 7) is 5.33. The van der Waals surface area contributed by atoms with Crippen LogP contribution in [-0.2, 0) is 16.0 Å². The molecule has 1 heterocycles. The third kappa shape index (κ3) is 4.35. The molecule has 0 aliphatic carbocycles. The van der Waals surface area contributed by atoms with E-state index in [0.29, 0.717) is 5.69 Å². The van der Waals surface area contributed by atoms with Gasteiger partial charge in [-0.05, 0) is 31.4 Å². The number of aromatic nitrogens is 2. The summed E-state index contributed by atoms with van der Waals surface area (Å²) in [6, 6.07) is 5.82. The maximum atomic E-state index is 12.0. The Labute approximate surface area is 134 Å². The highest BCUT2D eigenvalue weighted by molar-refractivity contribution is 5.95. The summed E-state index contributed by atoms with van der Waals surface area (Å²) in [4.78, 5) is 31.7. The van der Waals surface area contributed by atoms with Crippen LogP contribution in [-0.4, -0.2) is 28.5 Å². The van der Waals surface area contributed by atoms with Crippen LogP contribution in [0.15, 0.2) is 30.6 Å². The van der Waals surface area contributed by atoms with E-state index in [1.807, 2.05) is 32.0 Å². The number of esters is 1. The summed E-state index contributed by atoms with van der Waals surface area (Å²) in [5.41, 5.74) is 3.55. The minimum atomic E-state index is -0.673. The predicted octanol–water partition coefficient (Wildman–Crippen LogP) is 2.45. The molecule has 0 aliphatic heterocycles. The van der Waals surface area contributed by atoms with Crippen molar-refractivity contribution in [3.8, 4) is 0 Å². The number of hydrogen-bond donors (Lipinski definition) is 1. The van der Waals surface area contributed by atoms with Gasteiger partial charge in [-0.25, -0.2) is 9.78 Å². The maximum absolute atomic E-state index is 12.0. The topological polar surface area (TPSA) is 81.2 Å². The third-order valence-electron chi connectivity index (χ3n) is 3.33. The molecule has 23 heavy (non-hydrogen) atoms. The molecule has 2 rings (SSSR count). The van der Waals surface area contributed by atoms with Crippen molar-refractivity contribution in [2.45, 2.75) is 27.2 Å². The van der Waals surface area contributed by atoms with E-state index in [9.17, 15) is 9.59 Å². The fourth-order valence-electron chi connectivity index (χ4n) is 2.08. The molecule has 1 amide bonds. The molecule has 0 atom stereocenters. The molecule has 0 fully saturated rings. The smallest absolute Gasteiger partial charge is 0.359 e. The quantitative estimate of drug-likeness (QED) is 0.858. The molecule has 0 unspecified atom stereocenters. The van der Waals surface area contributed by atoms with Crippen LogP contribution in [0.25, 0.3) is 0 Å². The van der Waals surface area contributed by atoms with Crippen molar-refractivity contribution < 1.29 is 14.3 Å². The number of carbonyl (C=O) groups excluding carboxylic acids is 2. The summed E-state index contributed by atoms with van der Waals surface area (Å²) < 4.78 is 4.96. The number of benzene rings is 1. The van der Waals surface area contributed by atoms with E-state index >= 15 is 0 Å². The molecular weight excluding hydrogens is 294 g/mol. The Bertz CT molecular complexity index is 712. The Hall–Kier alpha value is -2.76. The van der Waals surface area contributed by atoms with Crippen LogP contribution in [0, 0.1) is 13.8 Å². The molecule has 6 heteroatoms. The van der Waals surface area contributed by atoms with Gasteiger partial charge in [0, 0.05) is 11.9 Å². The highest BCUT2D eigenvalue weighted by atomic mass is 16.5. The lowest BCUT2D eigenvalue weighted by Gasteiger charge is -2.13. The lowest BCUT2D eigenvalue weighted by atomic mass is 10.1. The summed E-state index contributed by atoms with van der Waals surface area (Å²) >= 11 is 0. The molecule has 120 valence electrons. The van der Waals surface area contributed by atoms with E-state index in [4.69, 9.17) is 4.74 Å². The maximum Gasteiger partial charge on any atom is 0.359 e. The van der Waals surface area contributed by atoms with Crippen LogP contribution in [0.5, 0.6) is 0 Å². The summed E-state index contributed by atoms with van der Waals surface area (Å²) in [5, 5.41) is 2.79. The zero-order chi connectivity index (χ0) is 16.8. The van der Waals surface area contributed by atoms with E-state index < -0.39 is 5.97 Å². The SMILES string of the molecule is CCc1cccc(C)c1NC(=O)COC(=O)c1cnc(C)cn1. The number of ether oxygens (including phenoxy) is 1. The number of hydrogen-bond acceptors (Lipinski definition) is 5. The molecule has 0 spiro atoms. The number of aryl methyl sites for hydroxylation is 3. The highest BCUT2D eigenvalue weighted by Gasteiger charge is 2.13. The number of amides is 1. The second-order valence-electron chi connectivity index (χ2n) is 5.13. The first-order valence-electron chi connectivity index (χ1n) is 7.35. The monoisotopic (exact) mass is 313 g/mol. The first-order chi connectivity index (χ1) is 11.0. The van der Waals surface area contributed by atoms with E-state index in [1.54, 1.807) is 6.92 Å². The van der Waals surface area contributed by atoms with Gasteiger partial charge in [0.05, 0.1) is 11.9 Å². The number of rotatable bonds is 5. The van der Waals surface area contributed by atoms with Crippen molar-refractivity contribution in [2.24, 2.45) is 0 Å². The van der Waals surface area contributed by atoms with Crippen LogP contribution in [0.3, 0.4) is 0 Å². The van der Waals surface area contributed by atoms with Gasteiger partial charge in [0.25, 0.3) is 5.91 Å². The van der Waals surface area contributed by atoms with Crippen LogP contribution in [0.4, 0.5) is 5.69 Å². The summed E-state index contributed by atoms with van der Waals surface area (Å²) in [6.07, 6.45) is 3.60. The van der Waals surface area contributed by atoms with Crippen LogP contribution in [0.1, 0.15) is 34.2 Å². The van der Waals surface area contributed by atoms with E-state index in [1.165, 1.54) is 12.4 Å². The van der Waals surface area contributed by atoms with Crippen LogP contribution in [0.2, 0.25) is 0 Å². The van der Waals surface area contributed by atoms with Crippen molar-refractivity contribution in [1.82, 2.24) is 9.97 Å². The van der Waals surface area contributed by atoms with Gasteiger partial charge in [0.15, 0.2) is 12.3 Å². The zero-order valence-corrected chi connectivity index (χ0v) is 13.4. The summed E-state index contributed by atoms with van der Waals surface area (Å²) in [7, 11) is 0. The molecular formula is C17H19N3O3. The average Bonchev–Trinajstić information content (AvgIpc) is 2.55. The van der Waals surface area contributed by atoms with Crippen molar-refractivity contribution in [2.75, 3.05) is 11.9 Å². The molecule has 1 N–H and O–H groups in total. The molecule has 6 nitrogen and oxygen atoms in total. The fourth-order valence-corrected chi connectivity index (χ4v) is 2.08. The normalized spacial score (nSPS) is 10.2. The number of para-hydroxylation sites is 1. The van der Waals surface area contributed by atoms with Gasteiger partial charge in [-0.1, -0.05) is 25.1 Å². The molecule has 0 radical (unpaired) electrons. The standard InChI is InChI=1S/C17H19N3O3/c1-4-13-7-5-6-11(2)16(13)20-15(21)10-23-17(22)14-9-18-12(3)8-19-14/h5-9H,4,10H2,1-3H3,(H,20,21). The van der Waals surface area contributed by atoms with Gasteiger partial charge in [-0.15, -0.1) is 0 Å².